The molecule has 0 radical (unpaired) electrons. The van der Waals surface area contributed by atoms with Gasteiger partial charge < -0.3 is 5.32 Å². The first-order chi connectivity index (χ1) is 9.96. The maximum Gasteiger partial charge on any atom is 0.150 e. The Hall–Kier alpha value is -0.580. The zero-order valence-corrected chi connectivity index (χ0v) is 14.5. The molecular formula is C16H26ClNO2S. The topological polar surface area (TPSA) is 46.2 Å². The van der Waals surface area contributed by atoms with Gasteiger partial charge in [0.2, 0.25) is 0 Å². The molecule has 1 aromatic rings. The second-order valence-corrected chi connectivity index (χ2v) is 8.34. The summed E-state index contributed by atoms with van der Waals surface area (Å²) in [6.45, 7) is 5.64. The molecule has 1 unspecified atom stereocenters. The molecule has 0 saturated carbocycles. The first kappa shape index (κ1) is 18.5. The molecule has 0 amide bonds. The van der Waals surface area contributed by atoms with E-state index < -0.39 is 9.84 Å². The zero-order valence-electron chi connectivity index (χ0n) is 12.9. The predicted octanol–water partition coefficient (Wildman–Crippen LogP) is 3.32. The van der Waals surface area contributed by atoms with E-state index in [1.165, 1.54) is 5.56 Å². The fraction of sp³-hybridized carbons (Fsp3) is 0.625. The minimum Gasteiger partial charge on any atom is -0.316 e. The van der Waals surface area contributed by atoms with Crippen molar-refractivity contribution in [1.29, 1.82) is 0 Å². The molecule has 3 nitrogen and oxygen atoms in total. The highest BCUT2D eigenvalue weighted by molar-refractivity contribution is 7.91. The Morgan fingerprint density at radius 2 is 2.05 bits per heavy atom. The third-order valence-corrected chi connectivity index (χ3v) is 5.52. The molecule has 0 aliphatic heterocycles. The Morgan fingerprint density at radius 3 is 2.67 bits per heavy atom. The number of benzene rings is 1. The maximum absolute atomic E-state index is 11.7. The van der Waals surface area contributed by atoms with Crippen LogP contribution in [0.2, 0.25) is 5.02 Å². The molecule has 1 rings (SSSR count). The average Bonchev–Trinajstić information content (AvgIpc) is 2.45. The lowest BCUT2D eigenvalue weighted by Gasteiger charge is -2.18. The number of rotatable bonds is 10. The van der Waals surface area contributed by atoms with E-state index in [0.717, 1.165) is 31.0 Å². The van der Waals surface area contributed by atoms with Crippen molar-refractivity contribution in [3.63, 3.8) is 0 Å². The van der Waals surface area contributed by atoms with Gasteiger partial charge in [-0.25, -0.2) is 8.42 Å². The van der Waals surface area contributed by atoms with Gasteiger partial charge in [0, 0.05) is 10.8 Å². The lowest BCUT2D eigenvalue weighted by molar-refractivity contribution is 0.458. The van der Waals surface area contributed by atoms with Gasteiger partial charge in [-0.3, -0.25) is 0 Å². The van der Waals surface area contributed by atoms with Gasteiger partial charge in [0.25, 0.3) is 0 Å². The molecule has 0 fully saturated rings. The van der Waals surface area contributed by atoms with Crippen LogP contribution in [-0.2, 0) is 16.3 Å². The van der Waals surface area contributed by atoms with Crippen LogP contribution in [-0.4, -0.2) is 33.0 Å². The number of hydrogen-bond acceptors (Lipinski definition) is 3. The summed E-state index contributed by atoms with van der Waals surface area (Å²) in [5.41, 5.74) is 1.17. The number of sulfone groups is 1. The molecule has 1 N–H and O–H groups in total. The Balaban J connectivity index is 2.63. The van der Waals surface area contributed by atoms with Gasteiger partial charge in [0.15, 0.2) is 0 Å². The summed E-state index contributed by atoms with van der Waals surface area (Å²) >= 11 is 6.02. The minimum absolute atomic E-state index is 0.222. The van der Waals surface area contributed by atoms with Crippen molar-refractivity contribution in [3.05, 3.63) is 34.9 Å². The van der Waals surface area contributed by atoms with Gasteiger partial charge in [-0.05, 0) is 56.0 Å². The minimum atomic E-state index is -2.90. The summed E-state index contributed by atoms with van der Waals surface area (Å²) in [6.07, 6.45) is 2.63. The van der Waals surface area contributed by atoms with Crippen molar-refractivity contribution in [3.8, 4) is 0 Å². The fourth-order valence-electron chi connectivity index (χ4n) is 2.25. The van der Waals surface area contributed by atoms with Crippen LogP contribution >= 0.6 is 11.6 Å². The molecule has 21 heavy (non-hydrogen) atoms. The lowest BCUT2D eigenvalue weighted by Crippen LogP contribution is -2.27. The van der Waals surface area contributed by atoms with Crippen LogP contribution in [0, 0.1) is 5.92 Å². The number of hydrogen-bond donors (Lipinski definition) is 1. The Labute approximate surface area is 134 Å². The predicted molar refractivity (Wildman–Crippen MR) is 90.8 cm³/mol. The number of halogens is 1. The smallest absolute Gasteiger partial charge is 0.150 e. The highest BCUT2D eigenvalue weighted by atomic mass is 35.5. The normalized spacial score (nSPS) is 13.3. The summed E-state index contributed by atoms with van der Waals surface area (Å²) in [5.74, 6) is 0.804. The molecule has 0 aromatic heterocycles. The van der Waals surface area contributed by atoms with Crippen molar-refractivity contribution in [2.75, 3.05) is 24.6 Å². The van der Waals surface area contributed by atoms with Gasteiger partial charge in [-0.1, -0.05) is 37.6 Å². The first-order valence-corrected chi connectivity index (χ1v) is 9.82. The molecule has 5 heteroatoms. The Bertz CT molecular complexity index is 517. The van der Waals surface area contributed by atoms with Gasteiger partial charge in [0.1, 0.15) is 9.84 Å². The average molecular weight is 332 g/mol. The van der Waals surface area contributed by atoms with Gasteiger partial charge in [-0.15, -0.1) is 0 Å². The van der Waals surface area contributed by atoms with Gasteiger partial charge in [0.05, 0.1) is 5.75 Å². The van der Waals surface area contributed by atoms with E-state index in [9.17, 15) is 8.42 Å². The lowest BCUT2D eigenvalue weighted by atomic mass is 9.97. The highest BCUT2D eigenvalue weighted by Gasteiger charge is 2.15. The zero-order chi connectivity index (χ0) is 15.7. The summed E-state index contributed by atoms with van der Waals surface area (Å²) in [7, 11) is -2.90. The molecule has 0 bridgehead atoms. The van der Waals surface area contributed by atoms with Crippen molar-refractivity contribution >= 4 is 21.4 Å². The Kier molecular flexibility index (Phi) is 8.30. The third kappa shape index (κ3) is 7.84. The van der Waals surface area contributed by atoms with Crippen LogP contribution in [0.3, 0.4) is 0 Å². The number of nitrogens with one attached hydrogen (secondary N) is 1. The molecule has 1 aromatic carbocycles. The van der Waals surface area contributed by atoms with E-state index in [1.807, 2.05) is 24.3 Å². The van der Waals surface area contributed by atoms with Crippen LogP contribution in [0.1, 0.15) is 32.3 Å². The van der Waals surface area contributed by atoms with Crippen LogP contribution < -0.4 is 5.32 Å². The summed E-state index contributed by atoms with van der Waals surface area (Å²) < 4.78 is 23.4. The van der Waals surface area contributed by atoms with Crippen LogP contribution in [0.25, 0.3) is 0 Å². The highest BCUT2D eigenvalue weighted by Crippen LogP contribution is 2.17. The monoisotopic (exact) mass is 331 g/mol. The van der Waals surface area contributed by atoms with E-state index in [0.29, 0.717) is 12.3 Å². The van der Waals surface area contributed by atoms with Crippen molar-refractivity contribution < 1.29 is 8.42 Å². The molecule has 0 saturated heterocycles. The van der Waals surface area contributed by atoms with Crippen molar-refractivity contribution in [1.82, 2.24) is 5.32 Å². The van der Waals surface area contributed by atoms with Gasteiger partial charge in [-0.2, -0.15) is 0 Å². The van der Waals surface area contributed by atoms with E-state index in [-0.39, 0.29) is 11.5 Å². The second kappa shape index (κ2) is 9.44. The Morgan fingerprint density at radius 1 is 1.29 bits per heavy atom. The van der Waals surface area contributed by atoms with Crippen LogP contribution in [0.15, 0.2) is 24.3 Å². The molecule has 120 valence electrons. The standard InChI is InChI=1S/C16H26ClNO2S/c1-3-9-18-13-15(8-10-21(19,20)4-2)11-14-6-5-7-16(17)12-14/h5-7,12,15,18H,3-4,8-11,13H2,1-2H3. The van der Waals surface area contributed by atoms with E-state index in [2.05, 4.69) is 12.2 Å². The maximum atomic E-state index is 11.7. The molecular weight excluding hydrogens is 306 g/mol. The quantitative estimate of drug-likeness (QED) is 0.669. The van der Waals surface area contributed by atoms with Crippen LogP contribution in [0.5, 0.6) is 0 Å². The summed E-state index contributed by atoms with van der Waals surface area (Å²) in [5, 5.41) is 4.13. The van der Waals surface area contributed by atoms with Gasteiger partial charge >= 0.3 is 0 Å². The molecule has 0 aliphatic rings. The molecule has 0 aliphatic carbocycles. The molecule has 0 heterocycles. The molecule has 0 spiro atoms. The summed E-state index contributed by atoms with van der Waals surface area (Å²) in [6, 6.07) is 7.81. The second-order valence-electron chi connectivity index (χ2n) is 5.43. The third-order valence-electron chi connectivity index (χ3n) is 3.55. The summed E-state index contributed by atoms with van der Waals surface area (Å²) in [4.78, 5) is 0. The van der Waals surface area contributed by atoms with E-state index in [4.69, 9.17) is 11.6 Å². The molecule has 1 atom stereocenters. The van der Waals surface area contributed by atoms with Crippen molar-refractivity contribution in [2.24, 2.45) is 5.92 Å². The largest absolute Gasteiger partial charge is 0.316 e. The van der Waals surface area contributed by atoms with E-state index >= 15 is 0 Å². The first-order valence-electron chi connectivity index (χ1n) is 7.62. The van der Waals surface area contributed by atoms with Crippen molar-refractivity contribution in [2.45, 2.75) is 33.1 Å². The SMILES string of the molecule is CCCNCC(CCS(=O)(=O)CC)Cc1cccc(Cl)c1. The fourth-order valence-corrected chi connectivity index (χ4v) is 3.44. The van der Waals surface area contributed by atoms with Crippen LogP contribution in [0.4, 0.5) is 0 Å². The van der Waals surface area contributed by atoms with E-state index in [1.54, 1.807) is 6.92 Å².